The number of imidazole rings is 2. The summed E-state index contributed by atoms with van der Waals surface area (Å²) >= 11 is 0. The summed E-state index contributed by atoms with van der Waals surface area (Å²) < 4.78 is 4.10. The molecule has 6 nitrogen and oxygen atoms in total. The first-order chi connectivity index (χ1) is 13.6. The van der Waals surface area contributed by atoms with Gasteiger partial charge in [-0.3, -0.25) is 4.79 Å². The number of rotatable bonds is 2. The summed E-state index contributed by atoms with van der Waals surface area (Å²) in [4.78, 5) is 24.4. The fraction of sp³-hybridized carbons (Fsp3) is 0.318. The van der Waals surface area contributed by atoms with Gasteiger partial charge in [-0.25, -0.2) is 9.97 Å². The summed E-state index contributed by atoms with van der Waals surface area (Å²) in [5.41, 5.74) is 4.68. The van der Waals surface area contributed by atoms with Crippen molar-refractivity contribution in [1.29, 1.82) is 0 Å². The fourth-order valence-corrected chi connectivity index (χ4v) is 4.33. The van der Waals surface area contributed by atoms with Gasteiger partial charge in [-0.05, 0) is 44.0 Å². The first-order valence-corrected chi connectivity index (χ1v) is 9.76. The third-order valence-electron chi connectivity index (χ3n) is 5.71. The molecule has 0 N–H and O–H groups in total. The van der Waals surface area contributed by atoms with Crippen LogP contribution in [0.4, 0.5) is 0 Å². The smallest absolute Gasteiger partial charge is 0.255 e. The molecule has 5 rings (SSSR count). The fourth-order valence-electron chi connectivity index (χ4n) is 4.33. The maximum Gasteiger partial charge on any atom is 0.255 e. The van der Waals surface area contributed by atoms with Gasteiger partial charge in [0.05, 0.1) is 22.3 Å². The van der Waals surface area contributed by atoms with Crippen molar-refractivity contribution < 1.29 is 4.79 Å². The second-order valence-corrected chi connectivity index (χ2v) is 7.67. The molecule has 1 aliphatic rings. The summed E-state index contributed by atoms with van der Waals surface area (Å²) in [6, 6.07) is 12.0. The number of aromatic nitrogens is 4. The summed E-state index contributed by atoms with van der Waals surface area (Å²) in [6.45, 7) is 3.46. The van der Waals surface area contributed by atoms with Crippen LogP contribution >= 0.6 is 0 Å². The molecule has 142 valence electrons. The molecule has 1 fully saturated rings. The summed E-state index contributed by atoms with van der Waals surface area (Å²) in [5.74, 6) is 1.41. The third-order valence-corrected chi connectivity index (χ3v) is 5.71. The normalized spacial score (nSPS) is 17.5. The Bertz CT molecular complexity index is 1190. The molecule has 0 saturated carbocycles. The maximum absolute atomic E-state index is 13.1. The number of aryl methyl sites for hydroxylation is 2. The van der Waals surface area contributed by atoms with Crippen molar-refractivity contribution in [2.75, 3.05) is 13.1 Å². The topological polar surface area (TPSA) is 55.4 Å². The molecule has 0 radical (unpaired) electrons. The first kappa shape index (κ1) is 17.0. The van der Waals surface area contributed by atoms with E-state index in [0.717, 1.165) is 47.6 Å². The van der Waals surface area contributed by atoms with Crippen LogP contribution in [0.3, 0.4) is 0 Å². The minimum absolute atomic E-state index is 0.0803. The van der Waals surface area contributed by atoms with Crippen molar-refractivity contribution in [2.24, 2.45) is 7.05 Å². The molecule has 3 aromatic heterocycles. The van der Waals surface area contributed by atoms with Gasteiger partial charge in [-0.2, -0.15) is 0 Å². The lowest BCUT2D eigenvalue weighted by molar-refractivity contribution is 0.0703. The van der Waals surface area contributed by atoms with Crippen LogP contribution in [-0.4, -0.2) is 42.8 Å². The van der Waals surface area contributed by atoms with Gasteiger partial charge in [0, 0.05) is 38.4 Å². The highest BCUT2D eigenvalue weighted by molar-refractivity contribution is 5.94. The lowest BCUT2D eigenvalue weighted by Gasteiger charge is -2.32. The molecule has 6 heteroatoms. The Morgan fingerprint density at radius 2 is 1.96 bits per heavy atom. The van der Waals surface area contributed by atoms with Gasteiger partial charge in [-0.15, -0.1) is 0 Å². The highest BCUT2D eigenvalue weighted by atomic mass is 16.2. The van der Waals surface area contributed by atoms with Crippen molar-refractivity contribution in [1.82, 2.24) is 23.8 Å². The van der Waals surface area contributed by atoms with Crippen molar-refractivity contribution in [3.05, 3.63) is 65.9 Å². The second kappa shape index (κ2) is 6.48. The minimum Gasteiger partial charge on any atom is -0.338 e. The third kappa shape index (κ3) is 2.76. The number of hydrogen-bond donors (Lipinski definition) is 0. The van der Waals surface area contributed by atoms with Crippen LogP contribution in [0.25, 0.3) is 16.7 Å². The number of carbonyl (C=O) groups is 1. The van der Waals surface area contributed by atoms with Gasteiger partial charge >= 0.3 is 0 Å². The Morgan fingerprint density at radius 1 is 1.11 bits per heavy atom. The van der Waals surface area contributed by atoms with E-state index in [1.165, 1.54) is 0 Å². The number of hydrogen-bond acceptors (Lipinski definition) is 3. The number of carbonyl (C=O) groups excluding carboxylic acids is 1. The molecule has 0 spiro atoms. The van der Waals surface area contributed by atoms with E-state index in [4.69, 9.17) is 4.98 Å². The van der Waals surface area contributed by atoms with Crippen LogP contribution in [0, 0.1) is 6.92 Å². The van der Waals surface area contributed by atoms with Gasteiger partial charge in [0.2, 0.25) is 0 Å². The molecule has 0 bridgehead atoms. The van der Waals surface area contributed by atoms with E-state index in [0.29, 0.717) is 12.1 Å². The lowest BCUT2D eigenvalue weighted by Crippen LogP contribution is -2.39. The van der Waals surface area contributed by atoms with Crippen LogP contribution in [0.1, 0.15) is 40.6 Å². The molecule has 1 aliphatic heterocycles. The maximum atomic E-state index is 13.1. The van der Waals surface area contributed by atoms with Crippen LogP contribution in [0.2, 0.25) is 0 Å². The SMILES string of the molecule is Cc1cn2cc(C(=O)N3CCCC(c4nc5ccccc5n4C)C3)ccc2n1. The predicted octanol–water partition coefficient (Wildman–Crippen LogP) is 3.55. The zero-order chi connectivity index (χ0) is 19.3. The Morgan fingerprint density at radius 3 is 2.82 bits per heavy atom. The van der Waals surface area contributed by atoms with E-state index >= 15 is 0 Å². The highest BCUT2D eigenvalue weighted by Crippen LogP contribution is 2.29. The van der Waals surface area contributed by atoms with Crippen LogP contribution in [0.5, 0.6) is 0 Å². The highest BCUT2D eigenvalue weighted by Gasteiger charge is 2.28. The van der Waals surface area contributed by atoms with Crippen molar-refractivity contribution >= 4 is 22.6 Å². The van der Waals surface area contributed by atoms with Crippen molar-refractivity contribution in [3.63, 3.8) is 0 Å². The van der Waals surface area contributed by atoms with Gasteiger partial charge < -0.3 is 13.9 Å². The Balaban J connectivity index is 1.42. The zero-order valence-electron chi connectivity index (χ0n) is 16.2. The number of para-hydroxylation sites is 2. The zero-order valence-corrected chi connectivity index (χ0v) is 16.2. The van der Waals surface area contributed by atoms with E-state index in [-0.39, 0.29) is 11.8 Å². The number of pyridine rings is 1. The molecule has 0 aliphatic carbocycles. The van der Waals surface area contributed by atoms with Gasteiger partial charge in [0.1, 0.15) is 11.5 Å². The Hall–Kier alpha value is -3.15. The van der Waals surface area contributed by atoms with Crippen LogP contribution in [-0.2, 0) is 7.05 Å². The molecule has 1 atom stereocenters. The largest absolute Gasteiger partial charge is 0.338 e. The average Bonchev–Trinajstić information content (AvgIpc) is 3.26. The monoisotopic (exact) mass is 373 g/mol. The number of likely N-dealkylation sites (tertiary alicyclic amines) is 1. The molecule has 28 heavy (non-hydrogen) atoms. The molecule has 1 aromatic carbocycles. The molecule has 1 amide bonds. The second-order valence-electron chi connectivity index (χ2n) is 7.67. The average molecular weight is 373 g/mol. The van der Waals surface area contributed by atoms with E-state index < -0.39 is 0 Å². The lowest BCUT2D eigenvalue weighted by atomic mass is 9.96. The van der Waals surface area contributed by atoms with Crippen molar-refractivity contribution in [2.45, 2.75) is 25.7 Å². The molecular weight excluding hydrogens is 350 g/mol. The first-order valence-electron chi connectivity index (χ1n) is 9.76. The van der Waals surface area contributed by atoms with Gasteiger partial charge in [0.25, 0.3) is 5.91 Å². The Labute approximate surface area is 163 Å². The Kier molecular flexibility index (Phi) is 3.93. The van der Waals surface area contributed by atoms with E-state index in [2.05, 4.69) is 22.7 Å². The molecule has 4 aromatic rings. The van der Waals surface area contributed by atoms with Crippen LogP contribution in [0.15, 0.2) is 48.8 Å². The number of nitrogens with zero attached hydrogens (tertiary/aromatic N) is 5. The van der Waals surface area contributed by atoms with Crippen molar-refractivity contribution in [3.8, 4) is 0 Å². The number of fused-ring (bicyclic) bond motifs is 2. The summed E-state index contributed by atoms with van der Waals surface area (Å²) in [6.07, 6.45) is 5.88. The summed E-state index contributed by atoms with van der Waals surface area (Å²) in [7, 11) is 2.07. The quantitative estimate of drug-likeness (QED) is 0.540. The number of amides is 1. The molecule has 1 unspecified atom stereocenters. The molecular formula is C22H23N5O. The van der Waals surface area contributed by atoms with E-state index in [1.54, 1.807) is 0 Å². The van der Waals surface area contributed by atoms with E-state index in [1.807, 2.05) is 58.9 Å². The van der Waals surface area contributed by atoms with Crippen LogP contribution < -0.4 is 0 Å². The molecule has 4 heterocycles. The van der Waals surface area contributed by atoms with Gasteiger partial charge in [0.15, 0.2) is 0 Å². The number of benzene rings is 1. The summed E-state index contributed by atoms with van der Waals surface area (Å²) in [5, 5.41) is 0. The predicted molar refractivity (Wildman–Crippen MR) is 109 cm³/mol. The standard InChI is InChI=1S/C22H23N5O/c1-15-12-27-14-17(9-10-20(27)23-15)22(28)26-11-5-6-16(13-26)21-24-18-7-3-4-8-19(18)25(21)2/h3-4,7-10,12,14,16H,5-6,11,13H2,1-2H3. The van der Waals surface area contributed by atoms with E-state index in [9.17, 15) is 4.79 Å². The minimum atomic E-state index is 0.0803. The molecule has 1 saturated heterocycles. The van der Waals surface area contributed by atoms with Gasteiger partial charge in [-0.1, -0.05) is 12.1 Å². The number of piperidine rings is 1.